The van der Waals surface area contributed by atoms with Crippen LogP contribution >= 0.6 is 15.9 Å². The van der Waals surface area contributed by atoms with Crippen LogP contribution in [0.3, 0.4) is 0 Å². The average Bonchev–Trinajstić information content (AvgIpc) is 2.37. The second kappa shape index (κ2) is 5.94. The van der Waals surface area contributed by atoms with E-state index in [4.69, 9.17) is 4.74 Å². The van der Waals surface area contributed by atoms with E-state index in [2.05, 4.69) is 15.9 Å². The standard InChI is InChI=1S/C16H16BrFO2/c1-9-6-11(7-10(2)16(9)20-3)15(19)13-5-4-12(17)8-14(13)18/h4-8,15,19H,1-3H3. The molecule has 2 nitrogen and oxygen atoms in total. The SMILES string of the molecule is COc1c(C)cc(C(O)c2ccc(Br)cc2F)cc1C. The molecule has 2 aromatic rings. The van der Waals surface area contributed by atoms with Crippen LogP contribution in [0.4, 0.5) is 4.39 Å². The maximum Gasteiger partial charge on any atom is 0.130 e. The van der Waals surface area contributed by atoms with Crippen molar-refractivity contribution >= 4 is 15.9 Å². The van der Waals surface area contributed by atoms with Crippen molar-refractivity contribution in [3.63, 3.8) is 0 Å². The topological polar surface area (TPSA) is 29.5 Å². The molecule has 0 saturated carbocycles. The summed E-state index contributed by atoms with van der Waals surface area (Å²) in [6.45, 7) is 3.81. The Morgan fingerprint density at radius 2 is 1.75 bits per heavy atom. The summed E-state index contributed by atoms with van der Waals surface area (Å²) in [4.78, 5) is 0. The smallest absolute Gasteiger partial charge is 0.130 e. The molecule has 0 aliphatic rings. The van der Waals surface area contributed by atoms with Crippen molar-refractivity contribution < 1.29 is 14.2 Å². The predicted molar refractivity (Wildman–Crippen MR) is 80.6 cm³/mol. The first-order chi connectivity index (χ1) is 9.43. The van der Waals surface area contributed by atoms with E-state index in [1.54, 1.807) is 19.2 Å². The van der Waals surface area contributed by atoms with Crippen LogP contribution in [0, 0.1) is 19.7 Å². The fourth-order valence-electron chi connectivity index (χ4n) is 2.37. The van der Waals surface area contributed by atoms with E-state index in [0.717, 1.165) is 16.9 Å². The molecular formula is C16H16BrFO2. The molecule has 0 saturated heterocycles. The lowest BCUT2D eigenvalue weighted by atomic mass is 9.97. The zero-order chi connectivity index (χ0) is 14.9. The van der Waals surface area contributed by atoms with Gasteiger partial charge in [-0.2, -0.15) is 0 Å². The molecule has 1 unspecified atom stereocenters. The lowest BCUT2D eigenvalue weighted by Gasteiger charge is -2.16. The molecule has 1 N–H and O–H groups in total. The van der Waals surface area contributed by atoms with Crippen LogP contribution in [-0.2, 0) is 0 Å². The molecule has 2 aromatic carbocycles. The Labute approximate surface area is 126 Å². The van der Waals surface area contributed by atoms with Gasteiger partial charge in [-0.05, 0) is 54.8 Å². The quantitative estimate of drug-likeness (QED) is 0.904. The maximum absolute atomic E-state index is 13.9. The van der Waals surface area contributed by atoms with Gasteiger partial charge in [-0.3, -0.25) is 0 Å². The minimum atomic E-state index is -0.994. The van der Waals surface area contributed by atoms with E-state index in [1.807, 2.05) is 26.0 Å². The molecule has 4 heteroatoms. The first-order valence-corrected chi connectivity index (χ1v) is 7.01. The van der Waals surface area contributed by atoms with Gasteiger partial charge in [0, 0.05) is 10.0 Å². The summed E-state index contributed by atoms with van der Waals surface area (Å²) in [6.07, 6.45) is -0.994. The molecule has 0 amide bonds. The first kappa shape index (κ1) is 15.0. The Balaban J connectivity index is 2.45. The first-order valence-electron chi connectivity index (χ1n) is 6.22. The molecule has 0 bridgehead atoms. The van der Waals surface area contributed by atoms with Crippen molar-refractivity contribution in [3.8, 4) is 5.75 Å². The van der Waals surface area contributed by atoms with Crippen LogP contribution in [0.25, 0.3) is 0 Å². The van der Waals surface area contributed by atoms with Gasteiger partial charge in [0.15, 0.2) is 0 Å². The van der Waals surface area contributed by atoms with Crippen LogP contribution in [0.15, 0.2) is 34.8 Å². The third-order valence-electron chi connectivity index (χ3n) is 3.26. The molecule has 0 aliphatic heterocycles. The monoisotopic (exact) mass is 338 g/mol. The molecule has 0 aliphatic carbocycles. The highest BCUT2D eigenvalue weighted by molar-refractivity contribution is 9.10. The van der Waals surface area contributed by atoms with Crippen molar-refractivity contribution in [3.05, 3.63) is 62.9 Å². The number of ether oxygens (including phenoxy) is 1. The van der Waals surface area contributed by atoms with Crippen LogP contribution in [0.5, 0.6) is 5.75 Å². The molecule has 0 heterocycles. The van der Waals surface area contributed by atoms with Crippen LogP contribution in [0.1, 0.15) is 28.4 Å². The highest BCUT2D eigenvalue weighted by Gasteiger charge is 2.17. The number of hydrogen-bond donors (Lipinski definition) is 1. The number of halogens is 2. The van der Waals surface area contributed by atoms with Gasteiger partial charge in [0.1, 0.15) is 17.7 Å². The number of rotatable bonds is 3. The highest BCUT2D eigenvalue weighted by atomic mass is 79.9. The van der Waals surface area contributed by atoms with Crippen LogP contribution < -0.4 is 4.74 Å². The summed E-state index contributed by atoms with van der Waals surface area (Å²) in [5.41, 5.74) is 2.75. The van der Waals surface area contributed by atoms with E-state index in [0.29, 0.717) is 10.0 Å². The van der Waals surface area contributed by atoms with Gasteiger partial charge in [-0.25, -0.2) is 4.39 Å². The van der Waals surface area contributed by atoms with Crippen molar-refractivity contribution in [2.24, 2.45) is 0 Å². The van der Waals surface area contributed by atoms with Crippen molar-refractivity contribution in [2.75, 3.05) is 7.11 Å². The van der Waals surface area contributed by atoms with Gasteiger partial charge >= 0.3 is 0 Å². The zero-order valence-electron chi connectivity index (χ0n) is 11.6. The molecule has 0 aromatic heterocycles. The number of hydrogen-bond acceptors (Lipinski definition) is 2. The van der Waals surface area contributed by atoms with Crippen LogP contribution in [-0.4, -0.2) is 12.2 Å². The predicted octanol–water partition coefficient (Wildman–Crippen LogP) is 4.30. The Morgan fingerprint density at radius 3 is 2.25 bits per heavy atom. The molecule has 20 heavy (non-hydrogen) atoms. The molecule has 106 valence electrons. The van der Waals surface area contributed by atoms with E-state index >= 15 is 0 Å². The molecular weight excluding hydrogens is 323 g/mol. The number of aliphatic hydroxyl groups excluding tert-OH is 1. The second-order valence-electron chi connectivity index (χ2n) is 4.76. The fraction of sp³-hybridized carbons (Fsp3) is 0.250. The molecule has 1 atom stereocenters. The summed E-state index contributed by atoms with van der Waals surface area (Å²) >= 11 is 3.21. The van der Waals surface area contributed by atoms with Crippen LogP contribution in [0.2, 0.25) is 0 Å². The Morgan fingerprint density at radius 1 is 1.15 bits per heavy atom. The molecule has 0 spiro atoms. The van der Waals surface area contributed by atoms with Crippen molar-refractivity contribution in [1.29, 1.82) is 0 Å². The number of benzene rings is 2. The highest BCUT2D eigenvalue weighted by Crippen LogP contribution is 2.31. The minimum Gasteiger partial charge on any atom is -0.496 e. The van der Waals surface area contributed by atoms with Gasteiger partial charge in [0.05, 0.1) is 7.11 Å². The van der Waals surface area contributed by atoms with Gasteiger partial charge < -0.3 is 9.84 Å². The molecule has 0 fully saturated rings. The summed E-state index contributed by atoms with van der Waals surface area (Å²) in [6, 6.07) is 8.28. The van der Waals surface area contributed by atoms with E-state index < -0.39 is 11.9 Å². The summed E-state index contributed by atoms with van der Waals surface area (Å²) in [5.74, 6) is 0.357. The lowest BCUT2D eigenvalue weighted by molar-refractivity contribution is 0.214. The maximum atomic E-state index is 13.9. The van der Waals surface area contributed by atoms with Gasteiger partial charge in [-0.1, -0.05) is 22.0 Å². The average molecular weight is 339 g/mol. The number of aryl methyl sites for hydroxylation is 2. The van der Waals surface area contributed by atoms with Gasteiger partial charge in [0.2, 0.25) is 0 Å². The summed E-state index contributed by atoms with van der Waals surface area (Å²) in [7, 11) is 1.61. The third-order valence-corrected chi connectivity index (χ3v) is 3.75. The lowest BCUT2D eigenvalue weighted by Crippen LogP contribution is -2.04. The molecule has 0 radical (unpaired) electrons. The normalized spacial score (nSPS) is 12.3. The van der Waals surface area contributed by atoms with Gasteiger partial charge in [0.25, 0.3) is 0 Å². The van der Waals surface area contributed by atoms with E-state index in [1.165, 1.54) is 6.07 Å². The van der Waals surface area contributed by atoms with E-state index in [-0.39, 0.29) is 5.56 Å². The fourth-order valence-corrected chi connectivity index (χ4v) is 2.70. The van der Waals surface area contributed by atoms with Crippen molar-refractivity contribution in [2.45, 2.75) is 20.0 Å². The summed E-state index contributed by atoms with van der Waals surface area (Å²) in [5, 5.41) is 10.4. The number of aliphatic hydroxyl groups is 1. The Kier molecular flexibility index (Phi) is 4.45. The van der Waals surface area contributed by atoms with Gasteiger partial charge in [-0.15, -0.1) is 0 Å². The van der Waals surface area contributed by atoms with E-state index in [9.17, 15) is 9.50 Å². The molecule has 2 rings (SSSR count). The third kappa shape index (κ3) is 2.86. The largest absolute Gasteiger partial charge is 0.496 e. The number of methoxy groups -OCH3 is 1. The Bertz CT molecular complexity index is 617. The van der Waals surface area contributed by atoms with Crippen molar-refractivity contribution in [1.82, 2.24) is 0 Å². The summed E-state index contributed by atoms with van der Waals surface area (Å²) < 4.78 is 19.9. The zero-order valence-corrected chi connectivity index (χ0v) is 13.2. The minimum absolute atomic E-state index is 0.261. The Hall–Kier alpha value is -1.39. The second-order valence-corrected chi connectivity index (χ2v) is 5.67.